The van der Waals surface area contributed by atoms with Gasteiger partial charge in [-0.05, 0) is 55.2 Å². The molecule has 1 aliphatic rings. The van der Waals surface area contributed by atoms with Crippen molar-refractivity contribution in [3.05, 3.63) is 90.9 Å². The van der Waals surface area contributed by atoms with E-state index in [-0.39, 0.29) is 0 Å². The van der Waals surface area contributed by atoms with Crippen molar-refractivity contribution in [1.82, 2.24) is 25.1 Å². The largest absolute Gasteiger partial charge is 0.487 e. The van der Waals surface area contributed by atoms with Crippen LogP contribution in [0.15, 0.2) is 85.3 Å². The van der Waals surface area contributed by atoms with E-state index in [0.717, 1.165) is 63.5 Å². The van der Waals surface area contributed by atoms with E-state index in [2.05, 4.69) is 72.5 Å². The zero-order chi connectivity index (χ0) is 25.3. The lowest BCUT2D eigenvalue weighted by molar-refractivity contribution is 0.305. The van der Waals surface area contributed by atoms with Crippen LogP contribution in [-0.4, -0.2) is 38.2 Å². The predicted molar refractivity (Wildman–Crippen MR) is 151 cm³/mol. The SMILES string of the molecule is c1ccc(COc2cncc(-c3cnc4[nH]nc(-c5cc6c(N7CCCCC7)cccc6[nH]5)c4c3)c2)cc1. The Morgan fingerprint density at radius 3 is 2.58 bits per heavy atom. The maximum atomic E-state index is 6.00. The summed E-state index contributed by atoms with van der Waals surface area (Å²) in [5, 5.41) is 9.95. The molecule has 7 heteroatoms. The number of H-pyrrole nitrogens is 2. The van der Waals surface area contributed by atoms with Crippen molar-refractivity contribution in [3.8, 4) is 28.3 Å². The van der Waals surface area contributed by atoms with E-state index in [4.69, 9.17) is 4.74 Å². The molecule has 188 valence electrons. The van der Waals surface area contributed by atoms with E-state index in [1.165, 1.54) is 30.3 Å². The lowest BCUT2D eigenvalue weighted by Gasteiger charge is -2.29. The Hall–Kier alpha value is -4.65. The molecule has 0 atom stereocenters. The van der Waals surface area contributed by atoms with Gasteiger partial charge in [0.15, 0.2) is 5.65 Å². The van der Waals surface area contributed by atoms with E-state index in [1.54, 1.807) is 6.20 Å². The lowest BCUT2D eigenvalue weighted by atomic mass is 10.1. The third-order valence-electron chi connectivity index (χ3n) is 7.30. The van der Waals surface area contributed by atoms with E-state index in [0.29, 0.717) is 6.61 Å². The summed E-state index contributed by atoms with van der Waals surface area (Å²) in [5.74, 6) is 0.722. The second kappa shape index (κ2) is 9.67. The number of hydrogen-bond acceptors (Lipinski definition) is 5. The van der Waals surface area contributed by atoms with Crippen molar-refractivity contribution in [2.24, 2.45) is 0 Å². The van der Waals surface area contributed by atoms with Gasteiger partial charge >= 0.3 is 0 Å². The fraction of sp³-hybridized carbons (Fsp3) is 0.194. The average Bonchev–Trinajstić information content (AvgIpc) is 3.61. The number of rotatable bonds is 6. The van der Waals surface area contributed by atoms with Crippen molar-refractivity contribution in [2.45, 2.75) is 25.9 Å². The molecule has 6 aromatic rings. The molecule has 2 N–H and O–H groups in total. The smallest absolute Gasteiger partial charge is 0.155 e. The number of benzene rings is 2. The highest BCUT2D eigenvalue weighted by Gasteiger charge is 2.18. The van der Waals surface area contributed by atoms with Crippen molar-refractivity contribution < 1.29 is 4.74 Å². The van der Waals surface area contributed by atoms with Crippen LogP contribution in [0.2, 0.25) is 0 Å². The minimum absolute atomic E-state index is 0.495. The van der Waals surface area contributed by atoms with Crippen LogP contribution in [-0.2, 0) is 6.61 Å². The van der Waals surface area contributed by atoms with Crippen molar-refractivity contribution in [2.75, 3.05) is 18.0 Å². The van der Waals surface area contributed by atoms with Crippen LogP contribution in [0.3, 0.4) is 0 Å². The molecule has 0 amide bonds. The third kappa shape index (κ3) is 4.26. The number of pyridine rings is 2. The molecule has 0 aliphatic carbocycles. The number of fused-ring (bicyclic) bond motifs is 2. The van der Waals surface area contributed by atoms with Crippen molar-refractivity contribution in [3.63, 3.8) is 0 Å². The zero-order valence-electron chi connectivity index (χ0n) is 21.0. The van der Waals surface area contributed by atoms with Gasteiger partial charge in [0.1, 0.15) is 18.1 Å². The molecule has 0 radical (unpaired) electrons. The summed E-state index contributed by atoms with van der Waals surface area (Å²) in [5.41, 5.74) is 8.03. The van der Waals surface area contributed by atoms with Crippen molar-refractivity contribution >= 4 is 27.6 Å². The van der Waals surface area contributed by atoms with E-state index >= 15 is 0 Å². The number of ether oxygens (including phenoxy) is 1. The quantitative estimate of drug-likeness (QED) is 0.265. The van der Waals surface area contributed by atoms with Crippen LogP contribution < -0.4 is 9.64 Å². The monoisotopic (exact) mass is 500 g/mol. The van der Waals surface area contributed by atoms with Gasteiger partial charge in [-0.15, -0.1) is 0 Å². The molecule has 0 bridgehead atoms. The lowest BCUT2D eigenvalue weighted by Crippen LogP contribution is -2.29. The first-order chi connectivity index (χ1) is 18.8. The topological polar surface area (TPSA) is 82.7 Å². The van der Waals surface area contributed by atoms with Gasteiger partial charge in [-0.1, -0.05) is 36.4 Å². The maximum absolute atomic E-state index is 6.00. The van der Waals surface area contributed by atoms with E-state index < -0.39 is 0 Å². The second-order valence-electron chi connectivity index (χ2n) is 9.85. The summed E-state index contributed by atoms with van der Waals surface area (Å²) in [6.45, 7) is 2.72. The maximum Gasteiger partial charge on any atom is 0.155 e. The van der Waals surface area contributed by atoms with E-state index in [1.807, 2.05) is 36.7 Å². The minimum Gasteiger partial charge on any atom is -0.487 e. The summed E-state index contributed by atoms with van der Waals surface area (Å²) in [4.78, 5) is 15.2. The molecular weight excluding hydrogens is 472 g/mol. The van der Waals surface area contributed by atoms with Gasteiger partial charge in [0, 0.05) is 58.6 Å². The summed E-state index contributed by atoms with van der Waals surface area (Å²) in [6.07, 6.45) is 9.25. The molecule has 38 heavy (non-hydrogen) atoms. The first-order valence-corrected chi connectivity index (χ1v) is 13.2. The molecule has 1 fully saturated rings. The first kappa shape index (κ1) is 22.5. The molecule has 0 unspecified atom stereocenters. The highest BCUT2D eigenvalue weighted by molar-refractivity contribution is 6.00. The number of hydrogen-bond donors (Lipinski definition) is 2. The van der Waals surface area contributed by atoms with Gasteiger partial charge in [-0.2, -0.15) is 5.10 Å². The normalized spacial score (nSPS) is 13.8. The van der Waals surface area contributed by atoms with Crippen LogP contribution in [0.1, 0.15) is 24.8 Å². The van der Waals surface area contributed by atoms with Gasteiger partial charge in [0.25, 0.3) is 0 Å². The summed E-state index contributed by atoms with van der Waals surface area (Å²) < 4.78 is 6.00. The molecule has 1 saturated heterocycles. The van der Waals surface area contributed by atoms with Crippen LogP contribution in [0.5, 0.6) is 5.75 Å². The van der Waals surface area contributed by atoms with Crippen LogP contribution >= 0.6 is 0 Å². The number of aromatic nitrogens is 5. The number of aromatic amines is 2. The number of piperidine rings is 1. The fourth-order valence-electron chi connectivity index (χ4n) is 5.34. The minimum atomic E-state index is 0.495. The number of anilines is 1. The van der Waals surface area contributed by atoms with Crippen molar-refractivity contribution in [1.29, 1.82) is 0 Å². The highest BCUT2D eigenvalue weighted by atomic mass is 16.5. The second-order valence-corrected chi connectivity index (χ2v) is 9.85. The van der Waals surface area contributed by atoms with E-state index in [9.17, 15) is 0 Å². The van der Waals surface area contributed by atoms with Gasteiger partial charge in [0.05, 0.1) is 11.9 Å². The number of nitrogens with one attached hydrogen (secondary N) is 2. The summed E-state index contributed by atoms with van der Waals surface area (Å²) >= 11 is 0. The molecule has 4 aromatic heterocycles. The molecular formula is C31H28N6O. The molecule has 5 heterocycles. The number of nitrogens with zero attached hydrogens (tertiary/aromatic N) is 4. The van der Waals surface area contributed by atoms with Gasteiger partial charge in [-0.3, -0.25) is 10.1 Å². The Labute approximate surface area is 220 Å². The Morgan fingerprint density at radius 2 is 1.68 bits per heavy atom. The standard InChI is InChI=1S/C31H28N6O/c1-3-8-21(9-4-1)20-38-24-14-22(17-32-19-24)23-15-26-30(35-36-31(26)33-18-23)28-16-25-27(34-28)10-7-11-29(25)37-12-5-2-6-13-37/h1,3-4,7-11,14-19,34H,2,5-6,12-13,20H2,(H,33,35,36). The fourth-order valence-corrected chi connectivity index (χ4v) is 5.34. The summed E-state index contributed by atoms with van der Waals surface area (Å²) in [7, 11) is 0. The Kier molecular flexibility index (Phi) is 5.73. The molecule has 7 rings (SSSR count). The molecule has 2 aromatic carbocycles. The van der Waals surface area contributed by atoms with Gasteiger partial charge < -0.3 is 14.6 Å². The summed E-state index contributed by atoms with van der Waals surface area (Å²) in [6, 6.07) is 23.0. The molecule has 1 aliphatic heterocycles. The predicted octanol–water partition coefficient (Wildman–Crippen LogP) is 6.74. The Morgan fingerprint density at radius 1 is 0.816 bits per heavy atom. The van der Waals surface area contributed by atoms with Crippen LogP contribution in [0.25, 0.3) is 44.5 Å². The Balaban J connectivity index is 1.22. The van der Waals surface area contributed by atoms with Crippen LogP contribution in [0.4, 0.5) is 5.69 Å². The Bertz CT molecular complexity index is 1720. The highest BCUT2D eigenvalue weighted by Crippen LogP contribution is 2.35. The third-order valence-corrected chi connectivity index (χ3v) is 7.30. The molecule has 7 nitrogen and oxygen atoms in total. The molecule has 0 saturated carbocycles. The first-order valence-electron chi connectivity index (χ1n) is 13.2. The zero-order valence-corrected chi connectivity index (χ0v) is 21.0. The van der Waals surface area contributed by atoms with Gasteiger partial charge in [0.2, 0.25) is 0 Å². The van der Waals surface area contributed by atoms with Crippen LogP contribution in [0, 0.1) is 0 Å². The average molecular weight is 501 g/mol. The molecule has 0 spiro atoms. The van der Waals surface area contributed by atoms with Gasteiger partial charge in [-0.25, -0.2) is 4.98 Å².